The first-order valence-corrected chi connectivity index (χ1v) is 7.54. The molecule has 0 bridgehead atoms. The van der Waals surface area contributed by atoms with E-state index in [1.54, 1.807) is 6.07 Å². The summed E-state index contributed by atoms with van der Waals surface area (Å²) >= 11 is 0. The first-order valence-electron chi connectivity index (χ1n) is 5.99. The van der Waals surface area contributed by atoms with Gasteiger partial charge in [0, 0.05) is 14.1 Å². The molecular weight excluding hydrogens is 278 g/mol. The number of hydrogen-bond donors (Lipinski definition) is 2. The van der Waals surface area contributed by atoms with Crippen molar-refractivity contribution in [1.29, 1.82) is 0 Å². The van der Waals surface area contributed by atoms with E-state index >= 15 is 0 Å². The average Bonchev–Trinajstić information content (AvgIpc) is 2.85. The van der Waals surface area contributed by atoms with Gasteiger partial charge < -0.3 is 14.6 Å². The molecular formula is C13H17N3O3S. The molecule has 2 rings (SSSR count). The van der Waals surface area contributed by atoms with Crippen LogP contribution < -0.4 is 15.4 Å². The van der Waals surface area contributed by atoms with Gasteiger partial charge in [-0.1, -0.05) is 12.1 Å². The number of nitrogens with two attached hydrogens (primary N) is 1. The van der Waals surface area contributed by atoms with Crippen molar-refractivity contribution in [1.82, 2.24) is 0 Å². The highest BCUT2D eigenvalue weighted by molar-refractivity contribution is 7.89. The summed E-state index contributed by atoms with van der Waals surface area (Å²) in [5.74, 6) is 0.502. The second-order valence-electron chi connectivity index (χ2n) is 4.53. The molecule has 3 N–H and O–H groups in total. The number of primary sulfonamides is 1. The highest BCUT2D eigenvalue weighted by atomic mass is 32.2. The van der Waals surface area contributed by atoms with Gasteiger partial charge in [-0.25, -0.2) is 13.6 Å². The molecule has 0 amide bonds. The molecule has 1 aromatic heterocycles. The largest absolute Gasteiger partial charge is 0.446 e. The first kappa shape index (κ1) is 14.4. The van der Waals surface area contributed by atoms with Crippen LogP contribution in [0.3, 0.4) is 0 Å². The Labute approximate surface area is 118 Å². The molecule has 108 valence electrons. The minimum Gasteiger partial charge on any atom is -0.446 e. The van der Waals surface area contributed by atoms with Gasteiger partial charge in [-0.15, -0.1) is 0 Å². The Morgan fingerprint density at radius 2 is 1.90 bits per heavy atom. The number of nitrogens with one attached hydrogen (secondary N) is 1. The monoisotopic (exact) mass is 295 g/mol. The molecule has 20 heavy (non-hydrogen) atoms. The fourth-order valence-corrected chi connectivity index (χ4v) is 2.28. The van der Waals surface area contributed by atoms with E-state index in [4.69, 9.17) is 9.56 Å². The van der Waals surface area contributed by atoms with E-state index in [1.807, 2.05) is 43.3 Å². The van der Waals surface area contributed by atoms with E-state index in [1.165, 1.54) is 6.07 Å². The van der Waals surface area contributed by atoms with Crippen molar-refractivity contribution in [2.45, 2.75) is 11.6 Å². The molecule has 0 radical (unpaired) electrons. The molecule has 1 aromatic carbocycles. The summed E-state index contributed by atoms with van der Waals surface area (Å²) in [6.07, 6.45) is 0. The van der Waals surface area contributed by atoms with Crippen molar-refractivity contribution in [3.05, 3.63) is 42.2 Å². The van der Waals surface area contributed by atoms with Gasteiger partial charge >= 0.3 is 0 Å². The van der Waals surface area contributed by atoms with Gasteiger partial charge in [-0.2, -0.15) is 0 Å². The van der Waals surface area contributed by atoms with Crippen molar-refractivity contribution in [3.63, 3.8) is 0 Å². The molecule has 0 aliphatic heterocycles. The summed E-state index contributed by atoms with van der Waals surface area (Å²) in [5.41, 5.74) is 1.97. The highest BCUT2D eigenvalue weighted by Gasteiger charge is 2.13. The summed E-state index contributed by atoms with van der Waals surface area (Å²) < 4.78 is 27.4. The van der Waals surface area contributed by atoms with Gasteiger partial charge in [0.15, 0.2) is 0 Å². The molecule has 0 fully saturated rings. The van der Waals surface area contributed by atoms with Gasteiger partial charge in [-0.05, 0) is 24.3 Å². The Kier molecular flexibility index (Phi) is 4.01. The van der Waals surface area contributed by atoms with Crippen LogP contribution in [-0.4, -0.2) is 22.5 Å². The lowest BCUT2D eigenvalue weighted by Crippen LogP contribution is -2.12. The van der Waals surface area contributed by atoms with Gasteiger partial charge in [0.1, 0.15) is 5.76 Å². The number of hydrogen-bond acceptors (Lipinski definition) is 5. The topological polar surface area (TPSA) is 88.6 Å². The van der Waals surface area contributed by atoms with Gasteiger partial charge in [0.25, 0.3) is 10.0 Å². The van der Waals surface area contributed by atoms with E-state index < -0.39 is 10.0 Å². The van der Waals surface area contributed by atoms with E-state index in [2.05, 4.69) is 5.32 Å². The van der Waals surface area contributed by atoms with Crippen molar-refractivity contribution in [3.8, 4) is 0 Å². The summed E-state index contributed by atoms with van der Waals surface area (Å²) in [5, 5.41) is 7.97. The fourth-order valence-electron chi connectivity index (χ4n) is 1.80. The van der Waals surface area contributed by atoms with E-state index in [0.29, 0.717) is 12.3 Å². The summed E-state index contributed by atoms with van der Waals surface area (Å²) in [6.45, 7) is 0.375. The molecule has 6 nitrogen and oxygen atoms in total. The average molecular weight is 295 g/mol. The first-order chi connectivity index (χ1) is 9.38. The number of rotatable bonds is 5. The maximum atomic E-state index is 11.1. The predicted octanol–water partition coefficient (Wildman–Crippen LogP) is 1.61. The minimum atomic E-state index is -3.79. The van der Waals surface area contributed by atoms with Crippen LogP contribution in [0.15, 0.2) is 45.9 Å². The van der Waals surface area contributed by atoms with Crippen molar-refractivity contribution in [2.75, 3.05) is 24.3 Å². The number of anilines is 2. The Morgan fingerprint density at radius 1 is 1.20 bits per heavy atom. The maximum Gasteiger partial charge on any atom is 0.271 e. The summed E-state index contributed by atoms with van der Waals surface area (Å²) in [7, 11) is 0.113. The molecule has 7 heteroatoms. The quantitative estimate of drug-likeness (QED) is 0.874. The van der Waals surface area contributed by atoms with E-state index in [-0.39, 0.29) is 5.09 Å². The standard InChI is InChI=1S/C13H17N3O3S/c1-16(2)12-6-4-3-5-11(12)15-9-10-7-8-13(19-10)20(14,17)18/h3-8,15H,9H2,1-2H3,(H2,14,17,18). The lowest BCUT2D eigenvalue weighted by Gasteiger charge is -2.17. The molecule has 0 aliphatic carbocycles. The molecule has 0 atom stereocenters. The zero-order valence-corrected chi connectivity index (χ0v) is 12.1. The molecule has 1 heterocycles. The van der Waals surface area contributed by atoms with Crippen LogP contribution in [0.25, 0.3) is 0 Å². The Hall–Kier alpha value is -1.99. The highest BCUT2D eigenvalue weighted by Crippen LogP contribution is 2.24. The third-order valence-electron chi connectivity index (χ3n) is 2.76. The normalized spacial score (nSPS) is 11.3. The zero-order chi connectivity index (χ0) is 14.8. The van der Waals surface area contributed by atoms with Crippen LogP contribution in [0.5, 0.6) is 0 Å². The Balaban J connectivity index is 2.12. The Morgan fingerprint density at radius 3 is 2.50 bits per heavy atom. The Bertz CT molecular complexity index is 692. The fraction of sp³-hybridized carbons (Fsp3) is 0.231. The van der Waals surface area contributed by atoms with Gasteiger partial charge in [0.05, 0.1) is 17.9 Å². The predicted molar refractivity (Wildman–Crippen MR) is 78.2 cm³/mol. The molecule has 0 unspecified atom stereocenters. The molecule has 0 saturated heterocycles. The zero-order valence-electron chi connectivity index (χ0n) is 11.3. The minimum absolute atomic E-state index is 0.227. The summed E-state index contributed by atoms with van der Waals surface area (Å²) in [4.78, 5) is 1.99. The number of nitrogens with zero attached hydrogens (tertiary/aromatic N) is 1. The summed E-state index contributed by atoms with van der Waals surface area (Å²) in [6, 6.07) is 10.7. The van der Waals surface area contributed by atoms with Crippen LogP contribution in [0.1, 0.15) is 5.76 Å². The lowest BCUT2D eigenvalue weighted by atomic mass is 10.2. The molecule has 0 saturated carbocycles. The third kappa shape index (κ3) is 3.31. The smallest absolute Gasteiger partial charge is 0.271 e. The molecule has 0 spiro atoms. The van der Waals surface area contributed by atoms with Crippen LogP contribution in [0.4, 0.5) is 11.4 Å². The van der Waals surface area contributed by atoms with E-state index in [0.717, 1.165) is 11.4 Å². The third-order valence-corrected chi connectivity index (χ3v) is 3.54. The van der Waals surface area contributed by atoms with Gasteiger partial charge in [-0.3, -0.25) is 0 Å². The second kappa shape index (κ2) is 5.56. The van der Waals surface area contributed by atoms with Crippen LogP contribution >= 0.6 is 0 Å². The van der Waals surface area contributed by atoms with Crippen molar-refractivity contribution >= 4 is 21.4 Å². The number of sulfonamides is 1. The molecule has 0 aliphatic rings. The number of para-hydroxylation sites is 2. The maximum absolute atomic E-state index is 11.1. The van der Waals surface area contributed by atoms with Crippen LogP contribution in [0, 0.1) is 0 Å². The van der Waals surface area contributed by atoms with E-state index in [9.17, 15) is 8.42 Å². The van der Waals surface area contributed by atoms with Crippen LogP contribution in [-0.2, 0) is 16.6 Å². The van der Waals surface area contributed by atoms with Crippen molar-refractivity contribution < 1.29 is 12.8 Å². The second-order valence-corrected chi connectivity index (χ2v) is 6.02. The number of furan rings is 1. The van der Waals surface area contributed by atoms with Crippen molar-refractivity contribution in [2.24, 2.45) is 5.14 Å². The lowest BCUT2D eigenvalue weighted by molar-refractivity contribution is 0.419. The number of benzene rings is 1. The molecule has 2 aromatic rings. The van der Waals surface area contributed by atoms with Gasteiger partial charge in [0.2, 0.25) is 5.09 Å². The SMILES string of the molecule is CN(C)c1ccccc1NCc1ccc(S(N)(=O)=O)o1. The van der Waals surface area contributed by atoms with Crippen LogP contribution in [0.2, 0.25) is 0 Å².